The van der Waals surface area contributed by atoms with Crippen LogP contribution in [0, 0.1) is 0 Å². The molecule has 3 aromatic rings. The van der Waals surface area contributed by atoms with Crippen LogP contribution in [0.3, 0.4) is 0 Å². The predicted octanol–water partition coefficient (Wildman–Crippen LogP) is 4.80. The Labute approximate surface area is 141 Å². The van der Waals surface area contributed by atoms with Crippen molar-refractivity contribution >= 4 is 49.9 Å². The summed E-state index contributed by atoms with van der Waals surface area (Å²) in [5.74, 6) is -0.00196. The van der Waals surface area contributed by atoms with Crippen LogP contribution in [-0.4, -0.2) is 11.0 Å². The number of benzene rings is 3. The van der Waals surface area contributed by atoms with Gasteiger partial charge in [0.15, 0.2) is 0 Å². The Morgan fingerprint density at radius 3 is 2.74 bits per heavy atom. The fourth-order valence-electron chi connectivity index (χ4n) is 2.88. The molecule has 1 amide bonds. The number of anilines is 1. The summed E-state index contributed by atoms with van der Waals surface area (Å²) in [5, 5.41) is 15.1. The third-order valence-electron chi connectivity index (χ3n) is 4.00. The number of carbonyl (C=O) groups is 1. The maximum absolute atomic E-state index is 12.3. The zero-order chi connectivity index (χ0) is 16.0. The summed E-state index contributed by atoms with van der Waals surface area (Å²) in [6, 6.07) is 17.0. The summed E-state index contributed by atoms with van der Waals surface area (Å²) in [6.07, 6.45) is 1.76. The van der Waals surface area contributed by atoms with Crippen molar-refractivity contribution in [3.8, 4) is 5.75 Å². The van der Waals surface area contributed by atoms with E-state index < -0.39 is 0 Å². The molecule has 4 rings (SSSR count). The van der Waals surface area contributed by atoms with Gasteiger partial charge in [0.1, 0.15) is 5.75 Å². The third-order valence-corrected chi connectivity index (χ3v) is 4.49. The topological polar surface area (TPSA) is 49.3 Å². The number of carbonyl (C=O) groups excluding carboxylic acids is 1. The Balaban J connectivity index is 1.97. The van der Waals surface area contributed by atoms with E-state index in [1.807, 2.05) is 48.5 Å². The number of hydrogen-bond donors (Lipinski definition) is 2. The molecule has 0 unspecified atom stereocenters. The highest BCUT2D eigenvalue weighted by Gasteiger charge is 2.24. The largest absolute Gasteiger partial charge is 0.507 e. The molecule has 2 N–H and O–H groups in total. The second-order valence-electron chi connectivity index (χ2n) is 5.42. The minimum absolute atomic E-state index is 0.160. The van der Waals surface area contributed by atoms with Crippen molar-refractivity contribution in [2.75, 3.05) is 5.32 Å². The number of phenolic OH excluding ortho intramolecular Hbond substituents is 1. The Bertz CT molecular complexity index is 992. The summed E-state index contributed by atoms with van der Waals surface area (Å²) in [6.45, 7) is 0. The van der Waals surface area contributed by atoms with Crippen molar-refractivity contribution in [3.05, 3.63) is 70.2 Å². The smallest absolute Gasteiger partial charge is 0.256 e. The van der Waals surface area contributed by atoms with Crippen LogP contribution >= 0.6 is 15.9 Å². The molecule has 1 aliphatic heterocycles. The number of halogens is 1. The fourth-order valence-corrected chi connectivity index (χ4v) is 3.24. The quantitative estimate of drug-likeness (QED) is 0.608. The molecule has 1 aliphatic rings. The maximum Gasteiger partial charge on any atom is 0.256 e. The molecular formula is C19H12BrNO2. The van der Waals surface area contributed by atoms with Crippen LogP contribution in [0.15, 0.2) is 59.1 Å². The van der Waals surface area contributed by atoms with Gasteiger partial charge in [-0.2, -0.15) is 0 Å². The number of hydrogen-bond acceptors (Lipinski definition) is 2. The Morgan fingerprint density at radius 1 is 1.04 bits per heavy atom. The van der Waals surface area contributed by atoms with Gasteiger partial charge in [-0.1, -0.05) is 46.3 Å². The van der Waals surface area contributed by atoms with Crippen LogP contribution in [0.5, 0.6) is 5.75 Å². The number of rotatable bonds is 1. The van der Waals surface area contributed by atoms with Gasteiger partial charge < -0.3 is 10.4 Å². The average molecular weight is 366 g/mol. The van der Waals surface area contributed by atoms with Crippen molar-refractivity contribution in [3.63, 3.8) is 0 Å². The zero-order valence-electron chi connectivity index (χ0n) is 12.0. The fraction of sp³-hybridized carbons (Fsp3) is 0. The van der Waals surface area contributed by atoms with E-state index in [-0.39, 0.29) is 11.7 Å². The first-order valence-corrected chi connectivity index (χ1v) is 7.96. The van der Waals surface area contributed by atoms with Crippen molar-refractivity contribution in [2.24, 2.45) is 0 Å². The van der Waals surface area contributed by atoms with E-state index in [2.05, 4.69) is 21.2 Å². The minimum Gasteiger partial charge on any atom is -0.507 e. The SMILES string of the molecule is O=C1Nc2ccc(Br)cc2/C1=C/c1c(O)ccc2ccccc12. The van der Waals surface area contributed by atoms with Gasteiger partial charge in [0.25, 0.3) is 5.91 Å². The molecule has 0 radical (unpaired) electrons. The van der Waals surface area contributed by atoms with Crippen molar-refractivity contribution in [1.82, 2.24) is 0 Å². The number of phenols is 1. The molecule has 0 fully saturated rings. The van der Waals surface area contributed by atoms with Gasteiger partial charge in [0, 0.05) is 26.9 Å². The number of amides is 1. The molecule has 0 saturated heterocycles. The minimum atomic E-state index is -0.162. The molecule has 23 heavy (non-hydrogen) atoms. The molecule has 0 aromatic heterocycles. The number of nitrogens with one attached hydrogen (secondary N) is 1. The molecule has 1 heterocycles. The van der Waals surface area contributed by atoms with Gasteiger partial charge in [0.05, 0.1) is 0 Å². The van der Waals surface area contributed by atoms with E-state index in [1.54, 1.807) is 12.1 Å². The first-order valence-electron chi connectivity index (χ1n) is 7.17. The van der Waals surface area contributed by atoms with Crippen molar-refractivity contribution in [2.45, 2.75) is 0 Å². The highest BCUT2D eigenvalue weighted by molar-refractivity contribution is 9.10. The van der Waals surface area contributed by atoms with Crippen LogP contribution in [-0.2, 0) is 4.79 Å². The van der Waals surface area contributed by atoms with Gasteiger partial charge >= 0.3 is 0 Å². The highest BCUT2D eigenvalue weighted by Crippen LogP contribution is 2.37. The molecular weight excluding hydrogens is 354 g/mol. The molecule has 4 heteroatoms. The zero-order valence-corrected chi connectivity index (χ0v) is 13.6. The van der Waals surface area contributed by atoms with Gasteiger partial charge in [-0.25, -0.2) is 0 Å². The molecule has 0 bridgehead atoms. The Kier molecular flexibility index (Phi) is 3.20. The third kappa shape index (κ3) is 2.32. The summed E-state index contributed by atoms with van der Waals surface area (Å²) >= 11 is 3.44. The van der Waals surface area contributed by atoms with Gasteiger partial charge in [-0.3, -0.25) is 4.79 Å². The molecule has 112 valence electrons. The monoisotopic (exact) mass is 365 g/mol. The van der Waals surface area contributed by atoms with E-state index >= 15 is 0 Å². The maximum atomic E-state index is 12.3. The second-order valence-corrected chi connectivity index (χ2v) is 6.34. The lowest BCUT2D eigenvalue weighted by Crippen LogP contribution is -2.03. The van der Waals surface area contributed by atoms with Crippen molar-refractivity contribution < 1.29 is 9.90 Å². The van der Waals surface area contributed by atoms with E-state index in [9.17, 15) is 9.90 Å². The first-order chi connectivity index (χ1) is 11.1. The number of fused-ring (bicyclic) bond motifs is 2. The summed E-state index contributed by atoms with van der Waals surface area (Å²) in [7, 11) is 0. The van der Waals surface area contributed by atoms with Crippen LogP contribution in [0.25, 0.3) is 22.4 Å². The standard InChI is InChI=1S/C19H12BrNO2/c20-12-6-7-17-14(9-12)16(19(23)21-17)10-15-13-4-2-1-3-11(13)5-8-18(15)22/h1-10,22H,(H,21,23)/b16-10-. The van der Waals surface area contributed by atoms with Crippen LogP contribution in [0.4, 0.5) is 5.69 Å². The van der Waals surface area contributed by atoms with Crippen LogP contribution < -0.4 is 5.32 Å². The second kappa shape index (κ2) is 5.25. The number of aromatic hydroxyl groups is 1. The van der Waals surface area contributed by atoms with E-state index in [4.69, 9.17) is 0 Å². The van der Waals surface area contributed by atoms with Crippen LogP contribution in [0.1, 0.15) is 11.1 Å². The van der Waals surface area contributed by atoms with E-state index in [1.165, 1.54) is 0 Å². The molecule has 0 aliphatic carbocycles. The summed E-state index contributed by atoms with van der Waals surface area (Å²) in [5.41, 5.74) is 2.81. The summed E-state index contributed by atoms with van der Waals surface area (Å²) < 4.78 is 0.904. The Morgan fingerprint density at radius 2 is 1.87 bits per heavy atom. The molecule has 0 spiro atoms. The lowest BCUT2D eigenvalue weighted by Gasteiger charge is -2.06. The van der Waals surface area contributed by atoms with Crippen LogP contribution in [0.2, 0.25) is 0 Å². The van der Waals surface area contributed by atoms with Gasteiger partial charge in [0.2, 0.25) is 0 Å². The van der Waals surface area contributed by atoms with Gasteiger partial charge in [-0.05, 0) is 41.1 Å². The Hall–Kier alpha value is -2.59. The van der Waals surface area contributed by atoms with E-state index in [0.29, 0.717) is 11.1 Å². The first kappa shape index (κ1) is 14.0. The molecule has 3 aromatic carbocycles. The normalized spacial score (nSPS) is 15.0. The van der Waals surface area contributed by atoms with Gasteiger partial charge in [-0.15, -0.1) is 0 Å². The lowest BCUT2D eigenvalue weighted by atomic mass is 9.99. The molecule has 0 saturated carbocycles. The van der Waals surface area contributed by atoms with E-state index in [0.717, 1.165) is 26.5 Å². The molecule has 0 atom stereocenters. The average Bonchev–Trinajstić information content (AvgIpc) is 2.85. The summed E-state index contributed by atoms with van der Waals surface area (Å²) in [4.78, 5) is 12.3. The predicted molar refractivity (Wildman–Crippen MR) is 96.3 cm³/mol. The highest BCUT2D eigenvalue weighted by atomic mass is 79.9. The van der Waals surface area contributed by atoms with Crippen molar-refractivity contribution in [1.29, 1.82) is 0 Å². The lowest BCUT2D eigenvalue weighted by molar-refractivity contribution is -0.110. The molecule has 3 nitrogen and oxygen atoms in total.